The normalized spacial score (nSPS) is 13.4. The first-order valence-electron chi connectivity index (χ1n) is 12.6. The molecular formula is C29H27N7O3. The van der Waals surface area contributed by atoms with E-state index in [0.29, 0.717) is 58.7 Å². The number of ether oxygens (including phenoxy) is 2. The van der Waals surface area contributed by atoms with Crippen LogP contribution in [-0.2, 0) is 4.74 Å². The number of hydrogen-bond donors (Lipinski definition) is 2. The highest BCUT2D eigenvalue weighted by atomic mass is 16.5. The number of rotatable bonds is 6. The third-order valence-corrected chi connectivity index (χ3v) is 6.57. The lowest BCUT2D eigenvalue weighted by Crippen LogP contribution is -2.36. The Morgan fingerprint density at radius 3 is 2.56 bits per heavy atom. The van der Waals surface area contributed by atoms with Crippen molar-refractivity contribution in [3.05, 3.63) is 89.3 Å². The van der Waals surface area contributed by atoms with E-state index >= 15 is 0 Å². The number of pyridine rings is 2. The highest BCUT2D eigenvalue weighted by Gasteiger charge is 2.18. The van der Waals surface area contributed by atoms with E-state index < -0.39 is 0 Å². The average molecular weight is 522 g/mol. The molecule has 0 atom stereocenters. The van der Waals surface area contributed by atoms with Crippen molar-refractivity contribution >= 4 is 34.2 Å². The Morgan fingerprint density at radius 1 is 0.974 bits per heavy atom. The fourth-order valence-electron chi connectivity index (χ4n) is 4.66. The molecule has 196 valence electrons. The topological polar surface area (TPSA) is 120 Å². The van der Waals surface area contributed by atoms with E-state index in [9.17, 15) is 4.79 Å². The zero-order valence-electron chi connectivity index (χ0n) is 21.4. The molecule has 0 unspecified atom stereocenters. The summed E-state index contributed by atoms with van der Waals surface area (Å²) in [6.07, 6.45) is 1.70. The van der Waals surface area contributed by atoms with Crippen molar-refractivity contribution in [3.8, 4) is 22.7 Å². The largest absolute Gasteiger partial charge is 0.479 e. The van der Waals surface area contributed by atoms with Gasteiger partial charge in [0.1, 0.15) is 11.5 Å². The second kappa shape index (κ2) is 10.4. The van der Waals surface area contributed by atoms with Gasteiger partial charge >= 0.3 is 0 Å². The molecule has 0 saturated carbocycles. The fraction of sp³-hybridized carbons (Fsp3) is 0.172. The summed E-state index contributed by atoms with van der Waals surface area (Å²) in [4.78, 5) is 30.0. The van der Waals surface area contributed by atoms with Crippen molar-refractivity contribution in [1.82, 2.24) is 19.5 Å². The van der Waals surface area contributed by atoms with Crippen LogP contribution >= 0.6 is 0 Å². The van der Waals surface area contributed by atoms with Gasteiger partial charge in [0.2, 0.25) is 11.8 Å². The van der Waals surface area contributed by atoms with Crippen molar-refractivity contribution in [2.24, 2.45) is 0 Å². The summed E-state index contributed by atoms with van der Waals surface area (Å²) in [6, 6.07) is 22.3. The van der Waals surface area contributed by atoms with E-state index in [4.69, 9.17) is 20.2 Å². The molecular weight excluding hydrogens is 494 g/mol. The lowest BCUT2D eigenvalue weighted by Gasteiger charge is -2.28. The molecule has 3 aromatic heterocycles. The molecule has 1 fully saturated rings. The van der Waals surface area contributed by atoms with Gasteiger partial charge in [0.05, 0.1) is 26.0 Å². The van der Waals surface area contributed by atoms with Gasteiger partial charge < -0.3 is 25.4 Å². The summed E-state index contributed by atoms with van der Waals surface area (Å²) in [5.74, 6) is 1.52. The van der Waals surface area contributed by atoms with E-state index in [1.165, 1.54) is 0 Å². The van der Waals surface area contributed by atoms with E-state index in [-0.39, 0.29) is 5.56 Å². The number of fused-ring (bicyclic) bond motifs is 1. The highest BCUT2D eigenvalue weighted by Crippen LogP contribution is 2.29. The standard InChI is InChI=1S/C29H27N7O3/c1-38-27-24(10-11-25(33-27)35-12-14-39-15-13-35)32-29-31-18-20-16-23(19-6-3-2-4-7-19)28(37)36(26(20)34-29)22-9-5-8-21(30)17-22/h2-11,16-18H,12-15,30H2,1H3,(H,31,32,34). The van der Waals surface area contributed by atoms with E-state index in [2.05, 4.69) is 20.2 Å². The minimum absolute atomic E-state index is 0.210. The number of hydrogen-bond acceptors (Lipinski definition) is 9. The van der Waals surface area contributed by atoms with Gasteiger partial charge in [0.15, 0.2) is 5.65 Å². The van der Waals surface area contributed by atoms with Gasteiger partial charge in [-0.2, -0.15) is 9.97 Å². The zero-order chi connectivity index (χ0) is 26.8. The Kier molecular flexibility index (Phi) is 6.52. The van der Waals surface area contributed by atoms with Crippen LogP contribution in [0.2, 0.25) is 0 Å². The number of benzene rings is 2. The van der Waals surface area contributed by atoms with Crippen molar-refractivity contribution in [2.45, 2.75) is 0 Å². The minimum Gasteiger partial charge on any atom is -0.479 e. The second-order valence-electron chi connectivity index (χ2n) is 9.08. The molecule has 2 aromatic carbocycles. The molecule has 1 saturated heterocycles. The molecule has 10 nitrogen and oxygen atoms in total. The number of nitrogens with one attached hydrogen (secondary N) is 1. The van der Waals surface area contributed by atoms with Crippen molar-refractivity contribution in [3.63, 3.8) is 0 Å². The Hall–Kier alpha value is -4.96. The van der Waals surface area contributed by atoms with Gasteiger partial charge in [-0.3, -0.25) is 9.36 Å². The maximum atomic E-state index is 13.9. The van der Waals surface area contributed by atoms with Crippen LogP contribution < -0.4 is 26.2 Å². The first kappa shape index (κ1) is 24.4. The summed E-state index contributed by atoms with van der Waals surface area (Å²) in [6.45, 7) is 2.86. The molecule has 10 heteroatoms. The number of nitrogens with zero attached hydrogens (tertiary/aromatic N) is 5. The monoisotopic (exact) mass is 521 g/mol. The Morgan fingerprint density at radius 2 is 1.79 bits per heavy atom. The molecule has 0 spiro atoms. The minimum atomic E-state index is -0.210. The predicted molar refractivity (Wildman–Crippen MR) is 152 cm³/mol. The maximum absolute atomic E-state index is 13.9. The maximum Gasteiger partial charge on any atom is 0.264 e. The lowest BCUT2D eigenvalue weighted by atomic mass is 10.1. The summed E-state index contributed by atoms with van der Waals surface area (Å²) < 4.78 is 12.6. The SMILES string of the molecule is COc1nc(N2CCOCC2)ccc1Nc1ncc2cc(-c3ccccc3)c(=O)n(-c3cccc(N)c3)c2n1. The molecule has 1 aliphatic rings. The van der Waals surface area contributed by atoms with Crippen LogP contribution in [0.1, 0.15) is 0 Å². The van der Waals surface area contributed by atoms with Crippen molar-refractivity contribution < 1.29 is 9.47 Å². The first-order chi connectivity index (χ1) is 19.1. The van der Waals surface area contributed by atoms with Crippen molar-refractivity contribution in [1.29, 1.82) is 0 Å². The summed E-state index contributed by atoms with van der Waals surface area (Å²) in [5.41, 5.74) is 9.42. The molecule has 0 radical (unpaired) electrons. The number of methoxy groups -OCH3 is 1. The molecule has 6 rings (SSSR count). The number of nitrogen functional groups attached to an aromatic ring is 1. The average Bonchev–Trinajstić information content (AvgIpc) is 2.98. The molecule has 3 N–H and O–H groups in total. The number of aromatic nitrogens is 4. The van der Waals surface area contributed by atoms with Gasteiger partial charge in [-0.25, -0.2) is 4.98 Å². The molecule has 39 heavy (non-hydrogen) atoms. The number of morpholine rings is 1. The van der Waals surface area contributed by atoms with E-state index in [1.54, 1.807) is 30.0 Å². The second-order valence-corrected chi connectivity index (χ2v) is 9.08. The van der Waals surface area contributed by atoms with Gasteiger partial charge in [-0.1, -0.05) is 36.4 Å². The Labute approximate surface area is 224 Å². The quantitative estimate of drug-likeness (QED) is 0.319. The fourth-order valence-corrected chi connectivity index (χ4v) is 4.66. The van der Waals surface area contributed by atoms with Crippen LogP contribution in [0.3, 0.4) is 0 Å². The van der Waals surface area contributed by atoms with E-state index in [0.717, 1.165) is 24.5 Å². The van der Waals surface area contributed by atoms with E-state index in [1.807, 2.05) is 60.7 Å². The molecule has 0 bridgehead atoms. The first-order valence-corrected chi connectivity index (χ1v) is 12.6. The molecule has 5 aromatic rings. The van der Waals surface area contributed by atoms with Gasteiger partial charge in [-0.15, -0.1) is 0 Å². The number of nitrogens with two attached hydrogens (primary N) is 1. The molecule has 0 aliphatic carbocycles. The van der Waals surface area contributed by atoms with Crippen LogP contribution in [0.25, 0.3) is 27.8 Å². The van der Waals surface area contributed by atoms with Crippen LogP contribution in [0.5, 0.6) is 5.88 Å². The summed E-state index contributed by atoms with van der Waals surface area (Å²) in [7, 11) is 1.57. The van der Waals surface area contributed by atoms with Crippen LogP contribution in [0.15, 0.2) is 83.8 Å². The zero-order valence-corrected chi connectivity index (χ0v) is 21.4. The lowest BCUT2D eigenvalue weighted by molar-refractivity contribution is 0.122. The Bertz CT molecular complexity index is 1700. The molecule has 1 aliphatic heterocycles. The third-order valence-electron chi connectivity index (χ3n) is 6.57. The predicted octanol–water partition coefficient (Wildman–Crippen LogP) is 4.01. The van der Waals surface area contributed by atoms with Crippen LogP contribution in [-0.4, -0.2) is 52.9 Å². The Balaban J connectivity index is 1.44. The van der Waals surface area contributed by atoms with Gasteiger partial charge in [-0.05, 0) is 42.0 Å². The third kappa shape index (κ3) is 4.85. The smallest absolute Gasteiger partial charge is 0.264 e. The van der Waals surface area contributed by atoms with Crippen LogP contribution in [0, 0.1) is 0 Å². The summed E-state index contributed by atoms with van der Waals surface area (Å²) >= 11 is 0. The van der Waals surface area contributed by atoms with Gasteiger partial charge in [0, 0.05) is 35.9 Å². The highest BCUT2D eigenvalue weighted by molar-refractivity contribution is 5.83. The summed E-state index contributed by atoms with van der Waals surface area (Å²) in [5, 5.41) is 3.91. The molecule has 4 heterocycles. The van der Waals surface area contributed by atoms with Crippen LogP contribution in [0.4, 0.5) is 23.1 Å². The number of anilines is 4. The van der Waals surface area contributed by atoms with Crippen molar-refractivity contribution in [2.75, 3.05) is 49.4 Å². The van der Waals surface area contributed by atoms with Gasteiger partial charge in [0.25, 0.3) is 5.56 Å². The molecule has 0 amide bonds.